The number of hydrogen-bond donors (Lipinski definition) is 6. The lowest BCUT2D eigenvalue weighted by molar-refractivity contribution is -0.143. The van der Waals surface area contributed by atoms with Crippen molar-refractivity contribution in [1.29, 1.82) is 0 Å². The van der Waals surface area contributed by atoms with E-state index in [2.05, 4.69) is 38.2 Å². The molecule has 7 aliphatic rings. The number of allylic oxidation sites excluding steroid dienone is 2. The Morgan fingerprint density at radius 3 is 1.07 bits per heavy atom. The van der Waals surface area contributed by atoms with Crippen LogP contribution in [0.1, 0.15) is 190 Å². The van der Waals surface area contributed by atoms with Crippen LogP contribution in [0.15, 0.2) is 182 Å². The molecule has 4 aliphatic carbocycles. The summed E-state index contributed by atoms with van der Waals surface area (Å²) in [6.07, 6.45) is 13.8. The SMILES string of the molecule is CC(C)(C)[C@H](C1CC(c2cc(F)ccc2F)CC1Cc1ccccc1)N(CC1CNCC1CC1C(=O)C=CC1=O)C(=O)CO.CC(C)(C)[C@H](C1CC(c2cc(F)ccc2F)CC1Cc1ccccc1)N(CC[C@H](N)C(=O)CCCN1C(=O)C=CC1=O)C(=O)CO.CC(C)(C)[C@H](C1CC(c2cc(F)ccc2F)CC1Cc1ccccc1)N(CC[C@H](N)C(=O)CCN1C(=O)C=CC1=O)C(=O)CO. The van der Waals surface area contributed by atoms with Gasteiger partial charge in [-0.1, -0.05) is 153 Å². The van der Waals surface area contributed by atoms with Gasteiger partial charge in [-0.3, -0.25) is 62.5 Å². The fraction of sp³-hybridized carbons (Fsp3) is 0.505. The molecule has 16 atom stereocenters. The first-order valence-corrected chi connectivity index (χ1v) is 47.3. The largest absolute Gasteiger partial charge is 0.387 e. The lowest BCUT2D eigenvalue weighted by Gasteiger charge is -2.47. The van der Waals surface area contributed by atoms with Crippen LogP contribution in [0.2, 0.25) is 0 Å². The smallest absolute Gasteiger partial charge is 0.253 e. The molecule has 1 saturated heterocycles. The molecule has 0 aromatic heterocycles. The van der Waals surface area contributed by atoms with Gasteiger partial charge in [0.2, 0.25) is 17.7 Å². The average Bonchev–Trinajstić information content (AvgIpc) is 1.77. The maximum atomic E-state index is 15.1. The van der Waals surface area contributed by atoms with E-state index in [0.717, 1.165) is 75.4 Å². The third-order valence-electron chi connectivity index (χ3n) is 28.6. The lowest BCUT2D eigenvalue weighted by atomic mass is 9.72. The van der Waals surface area contributed by atoms with Gasteiger partial charge in [-0.15, -0.1) is 0 Å². The van der Waals surface area contributed by atoms with Crippen molar-refractivity contribution in [3.05, 3.63) is 250 Å². The molecule has 6 aromatic rings. The summed E-state index contributed by atoms with van der Waals surface area (Å²) >= 11 is 0. The zero-order chi connectivity index (χ0) is 98.1. The van der Waals surface area contributed by atoms with Crippen molar-refractivity contribution in [3.63, 3.8) is 0 Å². The highest BCUT2D eigenvalue weighted by molar-refractivity contribution is 6.18. The Balaban J connectivity index is 0.000000195. The number of rotatable bonds is 37. The Kier molecular flexibility index (Phi) is 36.4. The second-order valence-electron chi connectivity index (χ2n) is 41.0. The zero-order valence-electron chi connectivity index (χ0n) is 78.8. The molecular formula is C107H132F6N8O14. The second-order valence-corrected chi connectivity index (χ2v) is 41.0. The summed E-state index contributed by atoms with van der Waals surface area (Å²) < 4.78 is 88.0. The van der Waals surface area contributed by atoms with Crippen molar-refractivity contribution in [2.24, 2.45) is 81.0 Å². The number of carbonyl (C=O) groups is 11. The predicted molar refractivity (Wildman–Crippen MR) is 500 cm³/mol. The average molecular weight is 1870 g/mol. The fourth-order valence-corrected chi connectivity index (χ4v) is 22.6. The van der Waals surface area contributed by atoms with E-state index in [-0.39, 0.29) is 158 Å². The second kappa shape index (κ2) is 46.9. The molecule has 0 bridgehead atoms. The predicted octanol–water partition coefficient (Wildman–Crippen LogP) is 13.8. The number of amides is 7. The fourth-order valence-electron chi connectivity index (χ4n) is 22.6. The highest BCUT2D eigenvalue weighted by Crippen LogP contribution is 2.55. The molecule has 4 fully saturated rings. The number of halogens is 6. The molecule has 11 unspecified atom stereocenters. The van der Waals surface area contributed by atoms with Gasteiger partial charge in [0.15, 0.2) is 17.3 Å². The van der Waals surface area contributed by atoms with E-state index in [9.17, 15) is 81.2 Å². The number of ketones is 4. The molecule has 3 saturated carbocycles. The van der Waals surface area contributed by atoms with Gasteiger partial charge >= 0.3 is 0 Å². The van der Waals surface area contributed by atoms with Crippen LogP contribution >= 0.6 is 0 Å². The van der Waals surface area contributed by atoms with E-state index >= 15 is 13.2 Å². The van der Waals surface area contributed by atoms with Crippen LogP contribution in [0.4, 0.5) is 26.3 Å². The van der Waals surface area contributed by atoms with E-state index < -0.39 is 136 Å². The maximum Gasteiger partial charge on any atom is 0.253 e. The highest BCUT2D eigenvalue weighted by atomic mass is 19.1. The van der Waals surface area contributed by atoms with Gasteiger partial charge in [0.1, 0.15) is 60.5 Å². The molecule has 13 rings (SSSR count). The summed E-state index contributed by atoms with van der Waals surface area (Å²) in [5.74, 6) is -8.51. The van der Waals surface area contributed by atoms with Crippen LogP contribution in [0, 0.1) is 104 Å². The van der Waals surface area contributed by atoms with Crippen LogP contribution in [-0.2, 0) is 72.0 Å². The van der Waals surface area contributed by atoms with Gasteiger partial charge in [0.25, 0.3) is 23.6 Å². The Morgan fingerprint density at radius 2 is 0.726 bits per heavy atom. The Hall–Kier alpha value is -10.8. The molecule has 0 spiro atoms. The minimum atomic E-state index is -0.960. The van der Waals surface area contributed by atoms with E-state index in [1.807, 2.05) is 125 Å². The minimum Gasteiger partial charge on any atom is -0.387 e. The first kappa shape index (κ1) is 105. The zero-order valence-corrected chi connectivity index (χ0v) is 78.8. The number of aliphatic hydroxyl groups is 3. The Bertz CT molecular complexity index is 5220. The number of nitrogens with two attached hydrogens (primary N) is 2. The van der Waals surface area contributed by atoms with E-state index in [1.165, 1.54) is 48.6 Å². The molecule has 28 heteroatoms. The van der Waals surface area contributed by atoms with E-state index in [1.54, 1.807) is 9.80 Å². The van der Waals surface area contributed by atoms with Gasteiger partial charge in [0, 0.05) is 88.0 Å². The summed E-state index contributed by atoms with van der Waals surface area (Å²) in [5, 5.41) is 33.7. The summed E-state index contributed by atoms with van der Waals surface area (Å²) in [4.78, 5) is 145. The first-order valence-electron chi connectivity index (χ1n) is 47.3. The van der Waals surface area contributed by atoms with Gasteiger partial charge in [-0.25, -0.2) is 26.3 Å². The number of aliphatic hydroxyl groups excluding tert-OH is 3. The molecule has 135 heavy (non-hydrogen) atoms. The molecule has 8 N–H and O–H groups in total. The number of nitrogens with zero attached hydrogens (tertiary/aromatic N) is 5. The van der Waals surface area contributed by atoms with Crippen molar-refractivity contribution in [3.8, 4) is 0 Å². The quantitative estimate of drug-likeness (QED) is 0.0120. The van der Waals surface area contributed by atoms with Gasteiger partial charge in [-0.05, 0) is 278 Å². The number of nitrogens with one attached hydrogen (secondary N) is 1. The molecule has 0 radical (unpaired) electrons. The monoisotopic (exact) mass is 1870 g/mol. The Labute approximate surface area is 788 Å². The third kappa shape index (κ3) is 27.2. The molecule has 22 nitrogen and oxygen atoms in total. The molecule has 3 heterocycles. The van der Waals surface area contributed by atoms with E-state index in [4.69, 9.17) is 11.5 Å². The molecule has 7 amide bonds. The number of hydrogen-bond acceptors (Lipinski definition) is 17. The van der Waals surface area contributed by atoms with Crippen LogP contribution < -0.4 is 16.8 Å². The van der Waals surface area contributed by atoms with Crippen molar-refractivity contribution in [2.45, 2.75) is 207 Å². The number of imide groups is 2. The van der Waals surface area contributed by atoms with Crippen LogP contribution in [0.25, 0.3) is 0 Å². The van der Waals surface area contributed by atoms with Crippen molar-refractivity contribution in [2.75, 3.05) is 65.6 Å². The highest BCUT2D eigenvalue weighted by Gasteiger charge is 2.53. The van der Waals surface area contributed by atoms with E-state index in [0.29, 0.717) is 94.1 Å². The van der Waals surface area contributed by atoms with Gasteiger partial charge in [0.05, 0.1) is 18.0 Å². The third-order valence-corrected chi connectivity index (χ3v) is 28.6. The van der Waals surface area contributed by atoms with Crippen molar-refractivity contribution >= 4 is 64.5 Å². The van der Waals surface area contributed by atoms with Gasteiger partial charge in [-0.2, -0.15) is 0 Å². The lowest BCUT2D eigenvalue weighted by Crippen LogP contribution is -2.55. The summed E-state index contributed by atoms with van der Waals surface area (Å²) in [6.45, 7) is 18.2. The number of benzene rings is 6. The number of carbonyl (C=O) groups excluding carboxylic acids is 11. The minimum absolute atomic E-state index is 0.0118. The first-order chi connectivity index (χ1) is 64.0. The van der Waals surface area contributed by atoms with Crippen LogP contribution in [0.3, 0.4) is 0 Å². The normalized spacial score (nSPS) is 22.9. The van der Waals surface area contributed by atoms with Gasteiger partial charge < -0.3 is 46.8 Å². The van der Waals surface area contributed by atoms with Crippen molar-refractivity contribution < 1.29 is 94.4 Å². The standard InChI is InChI=1S/C36H45F2N3O5.C36H44F2N2O4.C35H43F2N3O5/c1-36(2,3)35(41(34(46)22-42)17-15-30(39)31(43)10-7-16-40-32(44)13-14-33(40)45)28-20-25(27-21-26(37)11-12-29(27)38)19-24(28)18-23-8-5-4-6-9-23;1-36(2,3)35(40(34(44)21-41)20-26-19-39-18-25(26)16-30-32(42)11-12-33(30)43)29-15-24(28-17-27(37)9-10-31(28)38)14-23(29)13-22-7-5-4-6-8-22;1-35(2,3)34(40(33(45)21-41)15-13-29(38)30(42)14-16-39-31(43)11-12-32(39)44)27-19-24(26-20-25(36)9-10-28(26)37)18-23(27)17-22-7-5-4-6-8-22/h4-6,8-9,11-14,21,24-25,28,30,35,42H,7,10,15-20,22,39H2,1-3H3;4-12,17,23-26,29-30,35,39,41H,13-16,18-21H2,1-3H3;4-12,20,23-24,27,29,34,41H,13-19,21,38H2,1-3H3/t24?,25?,28?,30-,35-;23?,24?,25?,26?,29?,35-;23?,24?,27?,29-,34-/m000/s1. The molecule has 3 aliphatic heterocycles. The molecule has 6 aromatic carbocycles. The number of Topliss-reactive ketones (excluding diaryl/α,β-unsaturated/α-hetero) is 2. The van der Waals surface area contributed by atoms with Crippen LogP contribution in [-0.4, -0.2) is 200 Å². The Morgan fingerprint density at radius 1 is 0.407 bits per heavy atom. The molecule has 726 valence electrons. The summed E-state index contributed by atoms with van der Waals surface area (Å²) in [6, 6.07) is 37.6. The summed E-state index contributed by atoms with van der Waals surface area (Å²) in [7, 11) is 0. The molecular weight excluding hydrogens is 1740 g/mol. The topological polar surface area (TPSA) is 329 Å². The van der Waals surface area contributed by atoms with Crippen molar-refractivity contribution in [1.82, 2.24) is 29.8 Å². The maximum absolute atomic E-state index is 15.1. The van der Waals surface area contributed by atoms with Crippen LogP contribution in [0.5, 0.6) is 0 Å². The summed E-state index contributed by atoms with van der Waals surface area (Å²) in [5.41, 5.74) is 15.5.